The molecule has 0 bridgehead atoms. The van der Waals surface area contributed by atoms with Crippen LogP contribution in [-0.2, 0) is 10.0 Å². The van der Waals surface area contributed by atoms with Crippen LogP contribution in [0.1, 0.15) is 24.6 Å². The van der Waals surface area contributed by atoms with E-state index in [4.69, 9.17) is 0 Å². The highest BCUT2D eigenvalue weighted by Crippen LogP contribution is 2.35. The van der Waals surface area contributed by atoms with Gasteiger partial charge < -0.3 is 5.32 Å². The maximum Gasteiger partial charge on any atom is 0.243 e. The Morgan fingerprint density at radius 1 is 1.04 bits per heavy atom. The van der Waals surface area contributed by atoms with Crippen LogP contribution >= 0.6 is 0 Å². The summed E-state index contributed by atoms with van der Waals surface area (Å²) >= 11 is 0. The maximum absolute atomic E-state index is 13.0. The summed E-state index contributed by atoms with van der Waals surface area (Å²) in [7, 11) is -3.59. The van der Waals surface area contributed by atoms with E-state index in [1.54, 1.807) is 61.2 Å². The first-order chi connectivity index (χ1) is 13.1. The Hall–Kier alpha value is -2.91. The molecule has 3 aromatic rings. The normalized spacial score (nSPS) is 17.7. The fraction of sp³-hybridized carbons (Fsp3) is 0.222. The molecule has 1 aliphatic rings. The summed E-state index contributed by atoms with van der Waals surface area (Å²) in [6, 6.07) is 9.85. The van der Waals surface area contributed by atoms with Crippen molar-refractivity contribution in [3.05, 3.63) is 66.9 Å². The van der Waals surface area contributed by atoms with Gasteiger partial charge >= 0.3 is 0 Å². The van der Waals surface area contributed by atoms with Crippen LogP contribution in [-0.4, -0.2) is 39.2 Å². The summed E-state index contributed by atoms with van der Waals surface area (Å²) in [4.78, 5) is 17.2. The van der Waals surface area contributed by atoms with Gasteiger partial charge in [-0.05, 0) is 31.0 Å². The number of benzene rings is 1. The third-order valence-corrected chi connectivity index (χ3v) is 6.28. The van der Waals surface area contributed by atoms with Crippen molar-refractivity contribution in [1.82, 2.24) is 24.2 Å². The van der Waals surface area contributed by atoms with Crippen LogP contribution in [0.3, 0.4) is 0 Å². The third-order valence-electron chi connectivity index (χ3n) is 4.35. The molecule has 1 fully saturated rings. The monoisotopic (exact) mass is 382 g/mol. The number of nitrogens with one attached hydrogen (secondary N) is 1. The minimum atomic E-state index is -3.59. The maximum atomic E-state index is 13.0. The van der Waals surface area contributed by atoms with Gasteiger partial charge in [0.25, 0.3) is 0 Å². The molecule has 0 radical (unpaired) electrons. The van der Waals surface area contributed by atoms with Gasteiger partial charge in [-0.25, -0.2) is 23.4 Å². The van der Waals surface area contributed by atoms with E-state index in [1.807, 2.05) is 0 Å². The minimum Gasteiger partial charge on any atom is -0.307 e. The molecule has 8 nitrogen and oxygen atoms in total. The Balaban J connectivity index is 1.62. The second-order valence-electron chi connectivity index (χ2n) is 6.11. The molecule has 1 N–H and O–H groups in total. The van der Waals surface area contributed by atoms with Crippen molar-refractivity contribution in [2.75, 3.05) is 11.9 Å². The van der Waals surface area contributed by atoms with E-state index in [9.17, 15) is 8.42 Å². The lowest BCUT2D eigenvalue weighted by molar-refractivity contribution is 0.390. The van der Waals surface area contributed by atoms with Gasteiger partial charge in [0.05, 0.1) is 29.0 Å². The Bertz CT molecular complexity index is 1010. The molecule has 9 heteroatoms. The van der Waals surface area contributed by atoms with Gasteiger partial charge in [-0.2, -0.15) is 4.31 Å². The minimum absolute atomic E-state index is 0.289. The van der Waals surface area contributed by atoms with E-state index >= 15 is 0 Å². The van der Waals surface area contributed by atoms with Gasteiger partial charge in [0.2, 0.25) is 16.0 Å². The molecule has 1 aromatic carbocycles. The first-order valence-corrected chi connectivity index (χ1v) is 10.0. The molecule has 1 saturated heterocycles. The van der Waals surface area contributed by atoms with Crippen molar-refractivity contribution in [1.29, 1.82) is 0 Å². The van der Waals surface area contributed by atoms with Gasteiger partial charge in [0.1, 0.15) is 0 Å². The molecule has 1 atom stereocenters. The fourth-order valence-corrected chi connectivity index (χ4v) is 4.82. The highest BCUT2D eigenvalue weighted by molar-refractivity contribution is 7.89. The number of hydrogen-bond acceptors (Lipinski definition) is 7. The molecule has 138 valence electrons. The lowest BCUT2D eigenvalue weighted by Gasteiger charge is -2.23. The molecule has 0 aliphatic carbocycles. The van der Waals surface area contributed by atoms with Gasteiger partial charge in [0, 0.05) is 18.9 Å². The van der Waals surface area contributed by atoms with E-state index in [0.717, 1.165) is 6.42 Å². The van der Waals surface area contributed by atoms with Crippen molar-refractivity contribution in [3.8, 4) is 0 Å². The van der Waals surface area contributed by atoms with Gasteiger partial charge in [-0.3, -0.25) is 4.98 Å². The highest BCUT2D eigenvalue weighted by atomic mass is 32.2. The summed E-state index contributed by atoms with van der Waals surface area (Å²) in [6.07, 6.45) is 7.89. The van der Waals surface area contributed by atoms with Crippen LogP contribution in [0.5, 0.6) is 0 Å². The lowest BCUT2D eigenvalue weighted by Crippen LogP contribution is -2.31. The molecule has 4 rings (SSSR count). The van der Waals surface area contributed by atoms with Crippen LogP contribution in [0.25, 0.3) is 0 Å². The summed E-state index contributed by atoms with van der Waals surface area (Å²) in [5.41, 5.74) is 0.605. The molecule has 0 saturated carbocycles. The standard InChI is InChI=1S/C18H18N6O2S/c25-27(26,14-6-2-1-3-7-14)24-11-4-8-16(24)15-12-19-13-17(22-15)23-18-20-9-5-10-21-18/h1-3,5-7,9-10,12-13,16H,4,8,11H2,(H,20,21,22,23)/t16-/m0/s1. The van der Waals surface area contributed by atoms with Crippen molar-refractivity contribution in [2.24, 2.45) is 0 Å². The SMILES string of the molecule is O=S(=O)(c1ccccc1)N1CCC[C@H]1c1cncc(Nc2ncccn2)n1. The molecular formula is C18H18N6O2S. The molecule has 0 amide bonds. The number of anilines is 2. The van der Waals surface area contributed by atoms with Crippen LogP contribution in [0.4, 0.5) is 11.8 Å². The van der Waals surface area contributed by atoms with Gasteiger partial charge in [0.15, 0.2) is 5.82 Å². The summed E-state index contributed by atoms with van der Waals surface area (Å²) < 4.78 is 27.6. The third kappa shape index (κ3) is 3.64. The predicted octanol–water partition coefficient (Wildman–Crippen LogP) is 2.54. The van der Waals surface area contributed by atoms with E-state index in [2.05, 4.69) is 25.3 Å². The van der Waals surface area contributed by atoms with E-state index in [0.29, 0.717) is 30.4 Å². The smallest absolute Gasteiger partial charge is 0.243 e. The fourth-order valence-electron chi connectivity index (χ4n) is 3.13. The van der Waals surface area contributed by atoms with Gasteiger partial charge in [-0.15, -0.1) is 0 Å². The number of sulfonamides is 1. The first kappa shape index (κ1) is 17.5. The van der Waals surface area contributed by atoms with Crippen molar-refractivity contribution in [3.63, 3.8) is 0 Å². The van der Waals surface area contributed by atoms with Crippen LogP contribution in [0, 0.1) is 0 Å². The van der Waals surface area contributed by atoms with Crippen LogP contribution < -0.4 is 5.32 Å². The largest absolute Gasteiger partial charge is 0.307 e. The zero-order valence-electron chi connectivity index (χ0n) is 14.4. The van der Waals surface area contributed by atoms with Crippen molar-refractivity contribution < 1.29 is 8.42 Å². The zero-order chi connectivity index (χ0) is 18.7. The second-order valence-corrected chi connectivity index (χ2v) is 8.00. The quantitative estimate of drug-likeness (QED) is 0.723. The Morgan fingerprint density at radius 3 is 2.59 bits per heavy atom. The zero-order valence-corrected chi connectivity index (χ0v) is 15.2. The Kier molecular flexibility index (Phi) is 4.78. The molecule has 2 aromatic heterocycles. The lowest BCUT2D eigenvalue weighted by atomic mass is 10.2. The molecule has 0 unspecified atom stereocenters. The number of nitrogens with zero attached hydrogens (tertiary/aromatic N) is 5. The predicted molar refractivity (Wildman–Crippen MR) is 99.7 cm³/mol. The van der Waals surface area contributed by atoms with Crippen molar-refractivity contribution >= 4 is 21.8 Å². The second kappa shape index (κ2) is 7.37. The summed E-state index contributed by atoms with van der Waals surface area (Å²) in [5.74, 6) is 0.881. The van der Waals surface area contributed by atoms with E-state index in [1.165, 1.54) is 4.31 Å². The molecule has 0 spiro atoms. The molecule has 1 aliphatic heterocycles. The Morgan fingerprint density at radius 2 is 1.81 bits per heavy atom. The van der Waals surface area contributed by atoms with Crippen LogP contribution in [0.2, 0.25) is 0 Å². The van der Waals surface area contributed by atoms with Crippen molar-refractivity contribution in [2.45, 2.75) is 23.8 Å². The summed E-state index contributed by atoms with van der Waals surface area (Å²) in [6.45, 7) is 0.461. The highest BCUT2D eigenvalue weighted by Gasteiger charge is 2.37. The molecule has 27 heavy (non-hydrogen) atoms. The Labute approximate surface area is 157 Å². The summed E-state index contributed by atoms with van der Waals surface area (Å²) in [5, 5.41) is 2.99. The average Bonchev–Trinajstić information content (AvgIpc) is 3.21. The average molecular weight is 382 g/mol. The topological polar surface area (TPSA) is 101 Å². The molecular weight excluding hydrogens is 364 g/mol. The number of aromatic nitrogens is 4. The van der Waals surface area contributed by atoms with Gasteiger partial charge in [-0.1, -0.05) is 18.2 Å². The van der Waals surface area contributed by atoms with E-state index in [-0.39, 0.29) is 10.9 Å². The van der Waals surface area contributed by atoms with Crippen LogP contribution in [0.15, 0.2) is 66.1 Å². The number of hydrogen-bond donors (Lipinski definition) is 1. The number of rotatable bonds is 5. The molecule has 3 heterocycles. The first-order valence-electron chi connectivity index (χ1n) is 8.57. The van der Waals surface area contributed by atoms with E-state index < -0.39 is 10.0 Å².